The number of allylic oxidation sites excluding steroid dienone is 5. The van der Waals surface area contributed by atoms with Gasteiger partial charge >= 0.3 is 5.69 Å². The van der Waals surface area contributed by atoms with Crippen LogP contribution in [0.15, 0.2) is 34.9 Å². The summed E-state index contributed by atoms with van der Waals surface area (Å²) >= 11 is 0. The molecular formula is C21H26F3NNaO4. The first-order valence-electron chi connectivity index (χ1n) is 9.17. The Morgan fingerprint density at radius 1 is 0.967 bits per heavy atom. The summed E-state index contributed by atoms with van der Waals surface area (Å²) in [4.78, 5) is 9.21. The first-order chi connectivity index (χ1) is 13.6. The van der Waals surface area contributed by atoms with Crippen molar-refractivity contribution in [2.75, 3.05) is 6.61 Å². The first-order valence-corrected chi connectivity index (χ1v) is 9.17. The van der Waals surface area contributed by atoms with Crippen LogP contribution in [0, 0.1) is 27.6 Å². The maximum absolute atomic E-state index is 13.9. The van der Waals surface area contributed by atoms with E-state index in [1.165, 1.54) is 11.1 Å². The molecule has 0 fully saturated rings. The molecule has 0 bridgehead atoms. The molecular weight excluding hydrogens is 410 g/mol. The second-order valence-electron chi connectivity index (χ2n) is 7.00. The molecule has 1 radical (unpaired) electrons. The predicted octanol–water partition coefficient (Wildman–Crippen LogP) is 6.13. The van der Waals surface area contributed by atoms with Crippen molar-refractivity contribution in [2.45, 2.75) is 53.4 Å². The van der Waals surface area contributed by atoms with E-state index in [0.717, 1.165) is 24.8 Å². The number of phenols is 1. The number of nitro groups is 1. The predicted molar refractivity (Wildman–Crippen MR) is 111 cm³/mol. The van der Waals surface area contributed by atoms with Gasteiger partial charge in [-0.05, 0) is 59.5 Å². The van der Waals surface area contributed by atoms with Gasteiger partial charge in [-0.15, -0.1) is 0 Å². The number of halogens is 3. The Morgan fingerprint density at radius 3 is 2.03 bits per heavy atom. The Balaban J connectivity index is 0.00000841. The van der Waals surface area contributed by atoms with Crippen molar-refractivity contribution in [3.63, 3.8) is 0 Å². The third kappa shape index (κ3) is 8.53. The molecule has 0 heterocycles. The molecule has 1 N–H and O–H groups in total. The molecule has 0 amide bonds. The van der Waals surface area contributed by atoms with Gasteiger partial charge in [0.25, 0.3) is 0 Å². The summed E-state index contributed by atoms with van der Waals surface area (Å²) in [6.07, 6.45) is 9.33. The van der Waals surface area contributed by atoms with Gasteiger partial charge in [-0.2, -0.15) is 13.2 Å². The van der Waals surface area contributed by atoms with Crippen LogP contribution in [0.25, 0.3) is 0 Å². The second-order valence-corrected chi connectivity index (χ2v) is 7.00. The molecule has 0 aliphatic carbocycles. The maximum Gasteiger partial charge on any atom is 0.352 e. The van der Waals surface area contributed by atoms with E-state index >= 15 is 0 Å². The summed E-state index contributed by atoms with van der Waals surface area (Å²) in [5.74, 6) is -8.33. The summed E-state index contributed by atoms with van der Waals surface area (Å²) in [5.41, 5.74) is 1.79. The average molecular weight is 436 g/mol. The molecule has 9 heteroatoms. The van der Waals surface area contributed by atoms with Gasteiger partial charge in [0.1, 0.15) is 6.61 Å². The van der Waals surface area contributed by atoms with Gasteiger partial charge in [0.15, 0.2) is 5.75 Å². The minimum atomic E-state index is -1.97. The van der Waals surface area contributed by atoms with Crippen molar-refractivity contribution < 1.29 is 27.9 Å². The van der Waals surface area contributed by atoms with Gasteiger partial charge < -0.3 is 9.84 Å². The number of phenolic OH excluding ortho intramolecular Hbond substituents is 1. The van der Waals surface area contributed by atoms with Crippen LogP contribution in [0.1, 0.15) is 53.4 Å². The summed E-state index contributed by atoms with van der Waals surface area (Å²) in [6.45, 7) is 7.71. The smallest absolute Gasteiger partial charge is 0.352 e. The van der Waals surface area contributed by atoms with Crippen molar-refractivity contribution in [1.82, 2.24) is 0 Å². The summed E-state index contributed by atoms with van der Waals surface area (Å²) < 4.78 is 46.3. The molecule has 0 aromatic heterocycles. The van der Waals surface area contributed by atoms with Crippen LogP contribution in [-0.4, -0.2) is 46.2 Å². The minimum absolute atomic E-state index is 0. The van der Waals surface area contributed by atoms with Crippen LogP contribution in [0.2, 0.25) is 0 Å². The number of nitro benzene ring substituents is 1. The number of nitrogens with zero attached hydrogens (tertiary/aromatic N) is 1. The van der Waals surface area contributed by atoms with E-state index < -0.39 is 39.6 Å². The molecule has 0 aliphatic rings. The molecule has 30 heavy (non-hydrogen) atoms. The fourth-order valence-corrected chi connectivity index (χ4v) is 2.51. The van der Waals surface area contributed by atoms with Crippen LogP contribution < -0.4 is 4.74 Å². The van der Waals surface area contributed by atoms with E-state index in [-0.39, 0.29) is 36.2 Å². The number of benzene rings is 1. The fourth-order valence-electron chi connectivity index (χ4n) is 2.51. The zero-order chi connectivity index (χ0) is 22.1. The molecule has 0 atom stereocenters. The van der Waals surface area contributed by atoms with Gasteiger partial charge in [-0.3, -0.25) is 10.1 Å². The molecule has 161 valence electrons. The third-order valence-corrected chi connectivity index (χ3v) is 4.20. The van der Waals surface area contributed by atoms with Gasteiger partial charge in [0.2, 0.25) is 23.2 Å². The Morgan fingerprint density at radius 2 is 1.50 bits per heavy atom. The van der Waals surface area contributed by atoms with Crippen molar-refractivity contribution in [2.24, 2.45) is 0 Å². The Labute approximate surface area is 196 Å². The van der Waals surface area contributed by atoms with Crippen LogP contribution in [0.4, 0.5) is 18.9 Å². The molecule has 0 saturated heterocycles. The molecule has 1 aromatic carbocycles. The number of rotatable bonds is 10. The van der Waals surface area contributed by atoms with Crippen LogP contribution >= 0.6 is 0 Å². The second kappa shape index (κ2) is 13.5. The van der Waals surface area contributed by atoms with Gasteiger partial charge in [-0.25, -0.2) is 0 Å². The fraction of sp³-hybridized carbons (Fsp3) is 0.429. The normalized spacial score (nSPS) is 11.7. The van der Waals surface area contributed by atoms with E-state index in [0.29, 0.717) is 6.42 Å². The molecule has 0 spiro atoms. The molecule has 1 rings (SSSR count). The van der Waals surface area contributed by atoms with E-state index in [9.17, 15) is 28.4 Å². The maximum atomic E-state index is 13.9. The largest absolute Gasteiger partial charge is 0.500 e. The molecule has 5 nitrogen and oxygen atoms in total. The minimum Gasteiger partial charge on any atom is -0.500 e. The van der Waals surface area contributed by atoms with Crippen LogP contribution in [0.5, 0.6) is 11.5 Å². The standard InChI is InChI=1S/C21H26F3NO4.Na/c1-13(2)7-5-8-14(3)9-6-10-15(4)11-12-29-21-17(23)16(22)19(25(27)28)20(26)18(21)24;/h7,9,11,26H,5-6,8,10,12H2,1-4H3;. The average Bonchev–Trinajstić information content (AvgIpc) is 2.62. The van der Waals surface area contributed by atoms with E-state index in [1.54, 1.807) is 6.08 Å². The quantitative estimate of drug-likeness (QED) is 0.157. The van der Waals surface area contributed by atoms with Crippen molar-refractivity contribution in [1.29, 1.82) is 0 Å². The van der Waals surface area contributed by atoms with E-state index in [1.807, 2.05) is 6.92 Å². The topological polar surface area (TPSA) is 72.6 Å². The zero-order valence-corrected chi connectivity index (χ0v) is 20.0. The van der Waals surface area contributed by atoms with Gasteiger partial charge in [-0.1, -0.05) is 28.9 Å². The first kappa shape index (κ1) is 28.2. The van der Waals surface area contributed by atoms with E-state index in [4.69, 9.17) is 4.74 Å². The molecule has 0 unspecified atom stereocenters. The summed E-state index contributed by atoms with van der Waals surface area (Å²) in [7, 11) is 0. The Hall–Kier alpha value is -1.77. The third-order valence-electron chi connectivity index (χ3n) is 4.20. The number of aromatic hydroxyl groups is 1. The summed E-state index contributed by atoms with van der Waals surface area (Å²) in [6, 6.07) is 0. The molecule has 0 saturated carbocycles. The SMILES string of the molecule is CC(C)=CCCC(C)=CCCC(C)=CCOc1c(F)c(O)c([N+](=O)[O-])c(F)c1F.[Na]. The monoisotopic (exact) mass is 436 g/mol. The van der Waals surface area contributed by atoms with Crippen molar-refractivity contribution in [3.05, 3.63) is 62.5 Å². The molecule has 1 aromatic rings. The number of ether oxygens (including phenoxy) is 1. The molecule has 0 aliphatic heterocycles. The van der Waals surface area contributed by atoms with E-state index in [2.05, 4.69) is 32.9 Å². The Kier molecular flexibility index (Phi) is 12.7. The van der Waals surface area contributed by atoms with Crippen molar-refractivity contribution in [3.8, 4) is 11.5 Å². The number of hydrogen-bond acceptors (Lipinski definition) is 4. The zero-order valence-electron chi connectivity index (χ0n) is 18.0. The van der Waals surface area contributed by atoms with Gasteiger partial charge in [0.05, 0.1) is 4.92 Å². The van der Waals surface area contributed by atoms with Crippen LogP contribution in [-0.2, 0) is 0 Å². The Bertz CT molecular complexity index is 818. The van der Waals surface area contributed by atoms with Crippen molar-refractivity contribution >= 4 is 35.2 Å². The summed E-state index contributed by atoms with van der Waals surface area (Å²) in [5, 5.41) is 20.0. The van der Waals surface area contributed by atoms with Gasteiger partial charge in [0, 0.05) is 29.6 Å². The number of hydrogen-bond donors (Lipinski definition) is 1. The van der Waals surface area contributed by atoms with Crippen LogP contribution in [0.3, 0.4) is 0 Å².